The van der Waals surface area contributed by atoms with Crippen LogP contribution >= 0.6 is 11.6 Å². The first kappa shape index (κ1) is 19.0. The van der Waals surface area contributed by atoms with Crippen molar-refractivity contribution < 1.29 is 9.59 Å². The molecule has 2 amide bonds. The summed E-state index contributed by atoms with van der Waals surface area (Å²) in [6.45, 7) is 6.24. The van der Waals surface area contributed by atoms with Crippen molar-refractivity contribution >= 4 is 23.4 Å². The number of aryl methyl sites for hydroxylation is 1. The second kappa shape index (κ2) is 8.67. The molecule has 1 atom stereocenters. The van der Waals surface area contributed by atoms with Crippen molar-refractivity contribution in [2.24, 2.45) is 5.92 Å². The third kappa shape index (κ3) is 5.61. The fourth-order valence-electron chi connectivity index (χ4n) is 2.48. The van der Waals surface area contributed by atoms with E-state index in [1.807, 2.05) is 45.0 Å². The number of hydrogen-bond donors (Lipinski definition) is 2. The minimum Gasteiger partial charge on any atom is -0.350 e. The highest BCUT2D eigenvalue weighted by Crippen LogP contribution is 2.11. The van der Waals surface area contributed by atoms with Gasteiger partial charge in [0.15, 0.2) is 0 Å². The fraction of sp³-hybridized carbons (Fsp3) is 0.300. The molecular weight excluding hydrogens is 336 g/mol. The minimum absolute atomic E-state index is 0.0336. The van der Waals surface area contributed by atoms with Gasteiger partial charge in [-0.1, -0.05) is 55.3 Å². The average molecular weight is 359 g/mol. The molecule has 2 aromatic rings. The first-order chi connectivity index (χ1) is 11.9. The largest absolute Gasteiger partial charge is 0.350 e. The Kier molecular flexibility index (Phi) is 6.59. The van der Waals surface area contributed by atoms with Crippen molar-refractivity contribution in [2.75, 3.05) is 0 Å². The molecule has 2 aromatic carbocycles. The van der Waals surface area contributed by atoms with Gasteiger partial charge >= 0.3 is 0 Å². The number of benzene rings is 2. The third-order valence-electron chi connectivity index (χ3n) is 3.89. The van der Waals surface area contributed by atoms with Crippen molar-refractivity contribution in [3.8, 4) is 0 Å². The third-order valence-corrected chi connectivity index (χ3v) is 4.14. The van der Waals surface area contributed by atoms with Gasteiger partial charge in [-0.05, 0) is 42.7 Å². The van der Waals surface area contributed by atoms with Crippen LogP contribution in [-0.4, -0.2) is 17.9 Å². The van der Waals surface area contributed by atoms with Crippen LogP contribution in [0.1, 0.15) is 35.3 Å². The Labute approximate surface area is 153 Å². The molecule has 4 nitrogen and oxygen atoms in total. The van der Waals surface area contributed by atoms with Crippen LogP contribution in [0.15, 0.2) is 48.5 Å². The van der Waals surface area contributed by atoms with E-state index in [0.29, 0.717) is 17.1 Å². The predicted octanol–water partition coefficient (Wildman–Crippen LogP) is 3.72. The van der Waals surface area contributed by atoms with Gasteiger partial charge in [-0.2, -0.15) is 0 Å². The summed E-state index contributed by atoms with van der Waals surface area (Å²) in [7, 11) is 0. The smallest absolute Gasteiger partial charge is 0.251 e. The number of amides is 2. The van der Waals surface area contributed by atoms with E-state index in [1.165, 1.54) is 0 Å². The Morgan fingerprint density at radius 2 is 1.76 bits per heavy atom. The number of rotatable bonds is 6. The first-order valence-corrected chi connectivity index (χ1v) is 8.64. The zero-order valence-corrected chi connectivity index (χ0v) is 15.4. The van der Waals surface area contributed by atoms with Crippen LogP contribution in [0.25, 0.3) is 0 Å². The molecule has 0 radical (unpaired) electrons. The number of carbonyl (C=O) groups excluding carboxylic acids is 2. The molecule has 0 spiro atoms. The molecule has 0 bridgehead atoms. The van der Waals surface area contributed by atoms with E-state index in [1.54, 1.807) is 24.3 Å². The molecule has 25 heavy (non-hydrogen) atoms. The van der Waals surface area contributed by atoms with E-state index < -0.39 is 6.04 Å². The Hall–Kier alpha value is -2.33. The van der Waals surface area contributed by atoms with Crippen LogP contribution in [0.3, 0.4) is 0 Å². The number of hydrogen-bond acceptors (Lipinski definition) is 2. The van der Waals surface area contributed by atoms with Crippen LogP contribution in [0.5, 0.6) is 0 Å². The Bertz CT molecular complexity index is 742. The monoisotopic (exact) mass is 358 g/mol. The summed E-state index contributed by atoms with van der Waals surface area (Å²) in [6, 6.07) is 13.9. The molecule has 0 aliphatic rings. The zero-order chi connectivity index (χ0) is 18.4. The topological polar surface area (TPSA) is 58.2 Å². The van der Waals surface area contributed by atoms with E-state index >= 15 is 0 Å². The maximum atomic E-state index is 12.5. The van der Waals surface area contributed by atoms with E-state index in [2.05, 4.69) is 10.6 Å². The van der Waals surface area contributed by atoms with Gasteiger partial charge in [0.25, 0.3) is 5.91 Å². The van der Waals surface area contributed by atoms with Crippen LogP contribution in [0.4, 0.5) is 0 Å². The van der Waals surface area contributed by atoms with Crippen LogP contribution in [0.2, 0.25) is 5.02 Å². The SMILES string of the molecule is Cc1cccc(CNC(=O)C(NC(=O)c2ccc(Cl)cc2)C(C)C)c1. The average Bonchev–Trinajstić information content (AvgIpc) is 2.57. The van der Waals surface area contributed by atoms with Gasteiger partial charge in [0.1, 0.15) is 6.04 Å². The maximum Gasteiger partial charge on any atom is 0.251 e. The van der Waals surface area contributed by atoms with E-state index in [-0.39, 0.29) is 17.7 Å². The summed E-state index contributed by atoms with van der Waals surface area (Å²) in [6.07, 6.45) is 0. The summed E-state index contributed by atoms with van der Waals surface area (Å²) in [5, 5.41) is 6.27. The van der Waals surface area contributed by atoms with Crippen LogP contribution < -0.4 is 10.6 Å². The van der Waals surface area contributed by atoms with Crippen LogP contribution in [-0.2, 0) is 11.3 Å². The molecule has 2 rings (SSSR count). The van der Waals surface area contributed by atoms with E-state index in [9.17, 15) is 9.59 Å². The highest BCUT2D eigenvalue weighted by atomic mass is 35.5. The van der Waals surface area contributed by atoms with Crippen molar-refractivity contribution in [3.63, 3.8) is 0 Å². The van der Waals surface area contributed by atoms with Crippen molar-refractivity contribution in [1.29, 1.82) is 0 Å². The lowest BCUT2D eigenvalue weighted by Gasteiger charge is -2.22. The van der Waals surface area contributed by atoms with E-state index in [0.717, 1.165) is 11.1 Å². The number of halogens is 1. The second-order valence-electron chi connectivity index (χ2n) is 6.41. The van der Waals surface area contributed by atoms with Gasteiger partial charge in [0.2, 0.25) is 5.91 Å². The highest BCUT2D eigenvalue weighted by Gasteiger charge is 2.24. The second-order valence-corrected chi connectivity index (χ2v) is 6.85. The number of carbonyl (C=O) groups is 2. The Morgan fingerprint density at radius 3 is 2.36 bits per heavy atom. The first-order valence-electron chi connectivity index (χ1n) is 8.26. The molecule has 0 saturated carbocycles. The van der Waals surface area contributed by atoms with Gasteiger partial charge in [-0.3, -0.25) is 9.59 Å². The summed E-state index contributed by atoms with van der Waals surface area (Å²) in [5.74, 6) is -0.520. The lowest BCUT2D eigenvalue weighted by Crippen LogP contribution is -2.49. The summed E-state index contributed by atoms with van der Waals surface area (Å²) >= 11 is 5.84. The normalized spacial score (nSPS) is 11.9. The molecule has 0 heterocycles. The molecule has 0 aliphatic carbocycles. The van der Waals surface area contributed by atoms with E-state index in [4.69, 9.17) is 11.6 Å². The minimum atomic E-state index is -0.604. The fourth-order valence-corrected chi connectivity index (χ4v) is 2.61. The highest BCUT2D eigenvalue weighted by molar-refractivity contribution is 6.30. The molecular formula is C20H23ClN2O2. The lowest BCUT2D eigenvalue weighted by atomic mass is 10.0. The van der Waals surface area contributed by atoms with Crippen molar-refractivity contribution in [2.45, 2.75) is 33.4 Å². The summed E-state index contributed by atoms with van der Waals surface area (Å²) in [4.78, 5) is 24.9. The van der Waals surface area contributed by atoms with Gasteiger partial charge in [0.05, 0.1) is 0 Å². The number of nitrogens with one attached hydrogen (secondary N) is 2. The molecule has 0 aliphatic heterocycles. The van der Waals surface area contributed by atoms with Gasteiger partial charge in [0, 0.05) is 17.1 Å². The quantitative estimate of drug-likeness (QED) is 0.826. The summed E-state index contributed by atoms with van der Waals surface area (Å²) in [5.41, 5.74) is 2.64. The molecule has 1 unspecified atom stereocenters. The Balaban J connectivity index is 2.00. The Morgan fingerprint density at radius 1 is 1.08 bits per heavy atom. The zero-order valence-electron chi connectivity index (χ0n) is 14.7. The summed E-state index contributed by atoms with van der Waals surface area (Å²) < 4.78 is 0. The molecule has 2 N–H and O–H groups in total. The van der Waals surface area contributed by atoms with Crippen molar-refractivity contribution in [3.05, 3.63) is 70.2 Å². The standard InChI is InChI=1S/C20H23ClN2O2/c1-13(2)18(23-19(24)16-7-9-17(21)10-8-16)20(25)22-12-15-6-4-5-14(3)11-15/h4-11,13,18H,12H2,1-3H3,(H,22,25)(H,23,24). The van der Waals surface area contributed by atoms with Gasteiger partial charge < -0.3 is 10.6 Å². The van der Waals surface area contributed by atoms with Gasteiger partial charge in [-0.15, -0.1) is 0 Å². The maximum absolute atomic E-state index is 12.5. The van der Waals surface area contributed by atoms with Crippen molar-refractivity contribution in [1.82, 2.24) is 10.6 Å². The molecule has 5 heteroatoms. The predicted molar refractivity (Wildman–Crippen MR) is 101 cm³/mol. The molecule has 0 saturated heterocycles. The molecule has 0 fully saturated rings. The lowest BCUT2D eigenvalue weighted by molar-refractivity contribution is -0.124. The van der Waals surface area contributed by atoms with Gasteiger partial charge in [-0.25, -0.2) is 0 Å². The van der Waals surface area contributed by atoms with Crippen LogP contribution in [0, 0.1) is 12.8 Å². The molecule has 0 aromatic heterocycles. The molecule has 132 valence electrons.